The van der Waals surface area contributed by atoms with Gasteiger partial charge in [0.05, 0.1) is 22.0 Å². The third-order valence-electron chi connectivity index (χ3n) is 5.78. The third kappa shape index (κ3) is 3.62. The molecular weight excluding hydrogens is 435 g/mol. The number of hydrogen-bond donors (Lipinski definition) is 0. The topological polar surface area (TPSA) is 51.0 Å². The van der Waals surface area contributed by atoms with Crippen molar-refractivity contribution in [1.82, 2.24) is 19.7 Å². The maximum absolute atomic E-state index is 15.4. The molecule has 0 saturated carbocycles. The Morgan fingerprint density at radius 1 is 1.16 bits per heavy atom. The number of carbonyl (C=O) groups excluding carboxylic acids is 1. The molecule has 158 valence electrons. The van der Waals surface area contributed by atoms with Gasteiger partial charge >= 0.3 is 0 Å². The van der Waals surface area contributed by atoms with Gasteiger partial charge in [0.25, 0.3) is 5.91 Å². The lowest BCUT2D eigenvalue weighted by Crippen LogP contribution is -2.43. The molecule has 4 heterocycles. The Balaban J connectivity index is 1.39. The van der Waals surface area contributed by atoms with Crippen LogP contribution in [0.15, 0.2) is 54.7 Å². The molecule has 1 aliphatic heterocycles. The second kappa shape index (κ2) is 7.73. The molecule has 0 bridgehead atoms. The molecule has 1 amide bonds. The van der Waals surface area contributed by atoms with Crippen molar-refractivity contribution >= 4 is 39.1 Å². The van der Waals surface area contributed by atoms with Gasteiger partial charge in [-0.05, 0) is 43.3 Å². The third-order valence-corrected chi connectivity index (χ3v) is 7.11. The number of nitrogens with zero attached hydrogens (tertiary/aromatic N) is 4. The Bertz CT molecular complexity index is 1260. The van der Waals surface area contributed by atoms with Gasteiger partial charge in [0.1, 0.15) is 4.83 Å². The number of likely N-dealkylation sites (tertiary alicyclic amines) is 1. The van der Waals surface area contributed by atoms with Gasteiger partial charge in [0.2, 0.25) is 0 Å². The average molecular weight is 455 g/mol. The van der Waals surface area contributed by atoms with E-state index < -0.39 is 5.67 Å². The van der Waals surface area contributed by atoms with E-state index in [2.05, 4.69) is 10.1 Å². The van der Waals surface area contributed by atoms with Gasteiger partial charge in [-0.2, -0.15) is 5.10 Å². The molecule has 0 aliphatic carbocycles. The number of aromatic nitrogens is 3. The van der Waals surface area contributed by atoms with Crippen molar-refractivity contribution in [3.63, 3.8) is 0 Å². The molecule has 4 aromatic rings. The van der Waals surface area contributed by atoms with Gasteiger partial charge in [-0.15, -0.1) is 11.3 Å². The number of pyridine rings is 1. The number of hydrogen-bond acceptors (Lipinski definition) is 4. The van der Waals surface area contributed by atoms with Crippen LogP contribution in [0.3, 0.4) is 0 Å². The standard InChI is InChI=1S/C23H20ClFN4OS/c1-15-18-14-19(31-22(18)29(27-15)17-6-4-5-16(24)13-17)21(30)28-11-8-23(25,9-12-28)20-7-2-3-10-26-20/h2-7,10,13-14H,8-9,11-12H2,1H3. The van der Waals surface area contributed by atoms with Crippen molar-refractivity contribution in [2.45, 2.75) is 25.4 Å². The van der Waals surface area contributed by atoms with E-state index in [1.807, 2.05) is 41.9 Å². The Labute approximate surface area is 188 Å². The fraction of sp³-hybridized carbons (Fsp3) is 0.261. The van der Waals surface area contributed by atoms with Crippen LogP contribution < -0.4 is 0 Å². The van der Waals surface area contributed by atoms with E-state index >= 15 is 4.39 Å². The minimum Gasteiger partial charge on any atom is -0.338 e. The molecule has 0 unspecified atom stereocenters. The summed E-state index contributed by atoms with van der Waals surface area (Å²) in [6.07, 6.45) is 2.10. The largest absolute Gasteiger partial charge is 0.338 e. The number of halogens is 2. The molecule has 1 aliphatic rings. The van der Waals surface area contributed by atoms with Crippen LogP contribution in [0.1, 0.15) is 33.9 Å². The lowest BCUT2D eigenvalue weighted by molar-refractivity contribution is 0.0406. The van der Waals surface area contributed by atoms with E-state index in [-0.39, 0.29) is 18.7 Å². The summed E-state index contributed by atoms with van der Waals surface area (Å²) in [6, 6.07) is 14.6. The molecule has 0 atom stereocenters. The maximum Gasteiger partial charge on any atom is 0.264 e. The minimum atomic E-state index is -1.48. The number of alkyl halides is 1. The van der Waals surface area contributed by atoms with Gasteiger partial charge in [0, 0.05) is 42.5 Å². The summed E-state index contributed by atoms with van der Waals surface area (Å²) in [6.45, 7) is 2.65. The van der Waals surface area contributed by atoms with Gasteiger partial charge in [-0.3, -0.25) is 9.78 Å². The first-order valence-electron chi connectivity index (χ1n) is 10.1. The fourth-order valence-electron chi connectivity index (χ4n) is 4.04. The first-order chi connectivity index (χ1) is 14.9. The van der Waals surface area contributed by atoms with E-state index in [1.165, 1.54) is 11.3 Å². The van der Waals surface area contributed by atoms with E-state index in [9.17, 15) is 4.79 Å². The molecular formula is C23H20ClFN4OS. The van der Waals surface area contributed by atoms with Crippen LogP contribution in [0, 0.1) is 6.92 Å². The molecule has 31 heavy (non-hydrogen) atoms. The Morgan fingerprint density at radius 3 is 2.68 bits per heavy atom. The highest BCUT2D eigenvalue weighted by Crippen LogP contribution is 2.37. The second-order valence-electron chi connectivity index (χ2n) is 7.78. The summed E-state index contributed by atoms with van der Waals surface area (Å²) in [5.41, 5.74) is 0.659. The maximum atomic E-state index is 15.4. The van der Waals surface area contributed by atoms with Gasteiger partial charge in [-0.1, -0.05) is 23.7 Å². The predicted molar refractivity (Wildman–Crippen MR) is 121 cm³/mol. The number of rotatable bonds is 3. The van der Waals surface area contributed by atoms with E-state index in [0.717, 1.165) is 21.6 Å². The Hall–Kier alpha value is -2.77. The van der Waals surface area contributed by atoms with Crippen molar-refractivity contribution in [3.05, 3.63) is 76.0 Å². The molecule has 0 spiro atoms. The monoisotopic (exact) mass is 454 g/mol. The number of carbonyl (C=O) groups is 1. The van der Waals surface area contributed by atoms with Crippen LogP contribution >= 0.6 is 22.9 Å². The van der Waals surface area contributed by atoms with Crippen molar-refractivity contribution in [2.75, 3.05) is 13.1 Å². The summed E-state index contributed by atoms with van der Waals surface area (Å²) in [5, 5.41) is 6.18. The van der Waals surface area contributed by atoms with Gasteiger partial charge < -0.3 is 4.90 Å². The number of aryl methyl sites for hydroxylation is 1. The molecule has 0 radical (unpaired) electrons. The van der Waals surface area contributed by atoms with Crippen LogP contribution in [0.4, 0.5) is 4.39 Å². The molecule has 1 fully saturated rings. The summed E-state index contributed by atoms with van der Waals surface area (Å²) in [5.74, 6) is -0.0682. The van der Waals surface area contributed by atoms with E-state index in [4.69, 9.17) is 11.6 Å². The molecule has 5 nitrogen and oxygen atoms in total. The number of thiophene rings is 1. The summed E-state index contributed by atoms with van der Waals surface area (Å²) in [4.78, 5) is 20.6. The number of amides is 1. The lowest BCUT2D eigenvalue weighted by atomic mass is 9.89. The summed E-state index contributed by atoms with van der Waals surface area (Å²) < 4.78 is 17.2. The summed E-state index contributed by atoms with van der Waals surface area (Å²) >= 11 is 7.55. The quantitative estimate of drug-likeness (QED) is 0.408. The van der Waals surface area contributed by atoms with Crippen LogP contribution in [0.2, 0.25) is 5.02 Å². The predicted octanol–water partition coefficient (Wildman–Crippen LogP) is 5.54. The normalized spacial score (nSPS) is 16.0. The molecule has 3 aromatic heterocycles. The van der Waals surface area contributed by atoms with Crippen molar-refractivity contribution in [1.29, 1.82) is 0 Å². The highest BCUT2D eigenvalue weighted by Gasteiger charge is 2.39. The van der Waals surface area contributed by atoms with Crippen molar-refractivity contribution in [3.8, 4) is 5.69 Å². The Kier molecular flexibility index (Phi) is 5.02. The molecule has 1 aromatic carbocycles. The van der Waals surface area contributed by atoms with Gasteiger partial charge in [0.15, 0.2) is 5.67 Å². The van der Waals surface area contributed by atoms with Crippen LogP contribution in [-0.4, -0.2) is 38.7 Å². The average Bonchev–Trinajstić information content (AvgIpc) is 3.35. The van der Waals surface area contributed by atoms with Crippen LogP contribution in [0.5, 0.6) is 0 Å². The van der Waals surface area contributed by atoms with E-state index in [1.54, 1.807) is 29.3 Å². The van der Waals surface area contributed by atoms with Gasteiger partial charge in [-0.25, -0.2) is 9.07 Å². The number of benzene rings is 1. The Morgan fingerprint density at radius 2 is 1.97 bits per heavy atom. The highest BCUT2D eigenvalue weighted by atomic mass is 35.5. The van der Waals surface area contributed by atoms with Crippen molar-refractivity contribution < 1.29 is 9.18 Å². The zero-order valence-corrected chi connectivity index (χ0v) is 18.5. The highest BCUT2D eigenvalue weighted by molar-refractivity contribution is 7.20. The van der Waals surface area contributed by atoms with Crippen LogP contribution in [0.25, 0.3) is 15.9 Å². The van der Waals surface area contributed by atoms with E-state index in [0.29, 0.717) is 28.7 Å². The minimum absolute atomic E-state index is 0.0682. The van der Waals surface area contributed by atoms with Crippen LogP contribution in [-0.2, 0) is 5.67 Å². The second-order valence-corrected chi connectivity index (χ2v) is 9.25. The number of fused-ring (bicyclic) bond motifs is 1. The lowest BCUT2D eigenvalue weighted by Gasteiger charge is -2.35. The zero-order chi connectivity index (χ0) is 21.6. The molecule has 5 rings (SSSR count). The summed E-state index contributed by atoms with van der Waals surface area (Å²) in [7, 11) is 0. The first kappa shape index (κ1) is 20.2. The smallest absolute Gasteiger partial charge is 0.264 e. The fourth-order valence-corrected chi connectivity index (χ4v) is 5.37. The molecule has 1 saturated heterocycles. The molecule has 8 heteroatoms. The zero-order valence-electron chi connectivity index (χ0n) is 16.9. The number of piperidine rings is 1. The molecule has 0 N–H and O–H groups in total. The first-order valence-corrected chi connectivity index (χ1v) is 11.3. The SMILES string of the molecule is Cc1nn(-c2cccc(Cl)c2)c2sc(C(=O)N3CCC(F)(c4ccccn4)CC3)cc12. The van der Waals surface area contributed by atoms with Crippen molar-refractivity contribution in [2.24, 2.45) is 0 Å².